The van der Waals surface area contributed by atoms with Gasteiger partial charge in [0.1, 0.15) is 12.2 Å². The van der Waals surface area contributed by atoms with Crippen LogP contribution in [0.25, 0.3) is 0 Å². The lowest BCUT2D eigenvalue weighted by molar-refractivity contribution is -0.119. The predicted octanol–water partition coefficient (Wildman–Crippen LogP) is -0.0796. The Bertz CT molecular complexity index is 368. The van der Waals surface area contributed by atoms with Crippen LogP contribution >= 0.6 is 0 Å². The van der Waals surface area contributed by atoms with E-state index in [0.29, 0.717) is 5.56 Å². The number of carbonyl (C=O) groups excluding carboxylic acids is 1. The molecule has 2 unspecified atom stereocenters. The number of hydrogen-bond acceptors (Lipinski definition) is 4. The normalized spacial score (nSPS) is 14.2. The van der Waals surface area contributed by atoms with Crippen molar-refractivity contribution in [3.63, 3.8) is 0 Å². The van der Waals surface area contributed by atoms with Crippen LogP contribution in [-0.2, 0) is 4.79 Å². The van der Waals surface area contributed by atoms with Crippen molar-refractivity contribution in [2.75, 3.05) is 6.54 Å². The van der Waals surface area contributed by atoms with Crippen molar-refractivity contribution in [3.8, 4) is 0 Å². The molecule has 0 aromatic carbocycles. The number of nitrogens with zero attached hydrogens (tertiary/aromatic N) is 1. The van der Waals surface area contributed by atoms with E-state index in [2.05, 4.69) is 10.3 Å². The van der Waals surface area contributed by atoms with Gasteiger partial charge in [0, 0.05) is 25.9 Å². The molecule has 5 nitrogen and oxygen atoms in total. The van der Waals surface area contributed by atoms with Crippen molar-refractivity contribution in [2.45, 2.75) is 26.1 Å². The molecule has 3 N–H and O–H groups in total. The molecule has 2 atom stereocenters. The van der Waals surface area contributed by atoms with Crippen molar-refractivity contribution in [3.05, 3.63) is 29.6 Å². The van der Waals surface area contributed by atoms with Crippen molar-refractivity contribution in [2.24, 2.45) is 0 Å². The summed E-state index contributed by atoms with van der Waals surface area (Å²) in [6.45, 7) is 3.19. The average molecular weight is 224 g/mol. The molecule has 16 heavy (non-hydrogen) atoms. The lowest BCUT2D eigenvalue weighted by Gasteiger charge is -2.19. The quantitative estimate of drug-likeness (QED) is 0.668. The molecule has 0 radical (unpaired) electrons. The number of pyridine rings is 1. The summed E-state index contributed by atoms with van der Waals surface area (Å²) in [4.78, 5) is 14.6. The molecule has 1 aromatic heterocycles. The molecule has 0 aliphatic carbocycles. The number of aromatic nitrogens is 1. The first-order valence-corrected chi connectivity index (χ1v) is 5.03. The molecule has 88 valence electrons. The lowest BCUT2D eigenvalue weighted by atomic mass is 10.0. The molecule has 1 rings (SSSR count). The Balaban J connectivity index is 2.66. The third kappa shape index (κ3) is 3.29. The van der Waals surface area contributed by atoms with Crippen LogP contribution in [0.1, 0.15) is 24.2 Å². The molecule has 5 heteroatoms. The summed E-state index contributed by atoms with van der Waals surface area (Å²) in [5, 5.41) is 22.0. The van der Waals surface area contributed by atoms with Gasteiger partial charge in [0.05, 0.1) is 0 Å². The standard InChI is InChI=1S/C11H16N2O3/c1-7-5-12-4-3-9(7)11(16)10(15)6-13-8(2)14/h3-5,10-11,15-16H,6H2,1-2H3,(H,13,14). The van der Waals surface area contributed by atoms with Crippen LogP contribution in [0.4, 0.5) is 0 Å². The minimum atomic E-state index is -1.02. The van der Waals surface area contributed by atoms with Crippen LogP contribution in [0.15, 0.2) is 18.5 Å². The summed E-state index contributed by atoms with van der Waals surface area (Å²) in [6.07, 6.45) is 1.13. The zero-order chi connectivity index (χ0) is 12.1. The molecule has 0 fully saturated rings. The van der Waals surface area contributed by atoms with E-state index in [4.69, 9.17) is 0 Å². The van der Waals surface area contributed by atoms with E-state index >= 15 is 0 Å². The number of nitrogens with one attached hydrogen (secondary N) is 1. The molecule has 1 heterocycles. The van der Waals surface area contributed by atoms with Crippen molar-refractivity contribution in [1.29, 1.82) is 0 Å². The Kier molecular flexibility index (Phi) is 4.39. The van der Waals surface area contributed by atoms with Gasteiger partial charge in [-0.15, -0.1) is 0 Å². The average Bonchev–Trinajstić information content (AvgIpc) is 2.25. The fraction of sp³-hybridized carbons (Fsp3) is 0.455. The van der Waals surface area contributed by atoms with E-state index in [0.717, 1.165) is 5.56 Å². The van der Waals surface area contributed by atoms with E-state index in [1.54, 1.807) is 25.4 Å². The van der Waals surface area contributed by atoms with Gasteiger partial charge in [-0.05, 0) is 24.1 Å². The number of hydrogen-bond donors (Lipinski definition) is 3. The zero-order valence-electron chi connectivity index (χ0n) is 9.34. The predicted molar refractivity (Wildman–Crippen MR) is 58.6 cm³/mol. The smallest absolute Gasteiger partial charge is 0.216 e. The second-order valence-corrected chi connectivity index (χ2v) is 3.68. The number of amides is 1. The Morgan fingerprint density at radius 2 is 2.25 bits per heavy atom. The Morgan fingerprint density at radius 3 is 2.81 bits per heavy atom. The minimum absolute atomic E-state index is 0.0261. The van der Waals surface area contributed by atoms with Crippen LogP contribution in [0.5, 0.6) is 0 Å². The van der Waals surface area contributed by atoms with E-state index in [-0.39, 0.29) is 12.5 Å². The summed E-state index contributed by atoms with van der Waals surface area (Å²) >= 11 is 0. The fourth-order valence-corrected chi connectivity index (χ4v) is 1.38. The zero-order valence-corrected chi connectivity index (χ0v) is 9.34. The number of carbonyl (C=O) groups is 1. The van der Waals surface area contributed by atoms with Gasteiger partial charge < -0.3 is 15.5 Å². The molecule has 1 aromatic rings. The second kappa shape index (κ2) is 5.58. The van der Waals surface area contributed by atoms with Crippen molar-refractivity contribution >= 4 is 5.91 Å². The van der Waals surface area contributed by atoms with Gasteiger partial charge in [-0.25, -0.2) is 0 Å². The minimum Gasteiger partial charge on any atom is -0.388 e. The first-order chi connectivity index (χ1) is 7.52. The maximum Gasteiger partial charge on any atom is 0.216 e. The van der Waals surface area contributed by atoms with Gasteiger partial charge in [-0.1, -0.05) is 0 Å². The summed E-state index contributed by atoms with van der Waals surface area (Å²) in [5.74, 6) is -0.238. The molecule has 1 amide bonds. The Hall–Kier alpha value is -1.46. The number of aryl methyl sites for hydroxylation is 1. The third-order valence-corrected chi connectivity index (χ3v) is 2.31. The van der Waals surface area contributed by atoms with Gasteiger partial charge in [0.2, 0.25) is 5.91 Å². The van der Waals surface area contributed by atoms with Gasteiger partial charge in [0.25, 0.3) is 0 Å². The monoisotopic (exact) mass is 224 g/mol. The molecule has 0 bridgehead atoms. The molecule has 0 spiro atoms. The largest absolute Gasteiger partial charge is 0.388 e. The van der Waals surface area contributed by atoms with Crippen molar-refractivity contribution in [1.82, 2.24) is 10.3 Å². The number of aliphatic hydroxyl groups is 2. The SMILES string of the molecule is CC(=O)NCC(O)C(O)c1ccncc1C. The second-order valence-electron chi connectivity index (χ2n) is 3.68. The summed E-state index contributed by atoms with van der Waals surface area (Å²) < 4.78 is 0. The fourth-order valence-electron chi connectivity index (χ4n) is 1.38. The lowest BCUT2D eigenvalue weighted by Crippen LogP contribution is -2.34. The molecule has 0 saturated carbocycles. The number of aliphatic hydroxyl groups excluding tert-OH is 2. The van der Waals surface area contributed by atoms with Gasteiger partial charge in [-0.2, -0.15) is 0 Å². The topological polar surface area (TPSA) is 82.5 Å². The highest BCUT2D eigenvalue weighted by Gasteiger charge is 2.19. The van der Waals surface area contributed by atoms with Gasteiger partial charge in [0.15, 0.2) is 0 Å². The third-order valence-electron chi connectivity index (χ3n) is 2.31. The highest BCUT2D eigenvalue weighted by Crippen LogP contribution is 2.19. The maximum atomic E-state index is 10.7. The molecule has 0 aliphatic heterocycles. The van der Waals surface area contributed by atoms with Crippen LogP contribution in [0, 0.1) is 6.92 Å². The van der Waals surface area contributed by atoms with Crippen molar-refractivity contribution < 1.29 is 15.0 Å². The highest BCUT2D eigenvalue weighted by molar-refractivity contribution is 5.72. The Labute approximate surface area is 94.1 Å². The summed E-state index contributed by atoms with van der Waals surface area (Å²) in [7, 11) is 0. The molecular weight excluding hydrogens is 208 g/mol. The molecule has 0 saturated heterocycles. The maximum absolute atomic E-state index is 10.7. The number of rotatable bonds is 4. The van der Waals surface area contributed by atoms with E-state index in [9.17, 15) is 15.0 Å². The first-order valence-electron chi connectivity index (χ1n) is 5.03. The van der Waals surface area contributed by atoms with E-state index in [1.165, 1.54) is 6.92 Å². The van der Waals surface area contributed by atoms with Gasteiger partial charge >= 0.3 is 0 Å². The van der Waals surface area contributed by atoms with Crippen LogP contribution in [-0.4, -0.2) is 33.8 Å². The summed E-state index contributed by atoms with van der Waals surface area (Å²) in [5.41, 5.74) is 1.42. The molecular formula is C11H16N2O3. The highest BCUT2D eigenvalue weighted by atomic mass is 16.3. The van der Waals surface area contributed by atoms with Crippen LogP contribution < -0.4 is 5.32 Å². The first kappa shape index (κ1) is 12.6. The summed E-state index contributed by atoms with van der Waals surface area (Å²) in [6, 6.07) is 1.65. The Morgan fingerprint density at radius 1 is 1.56 bits per heavy atom. The van der Waals surface area contributed by atoms with Gasteiger partial charge in [-0.3, -0.25) is 9.78 Å². The van der Waals surface area contributed by atoms with Crippen LogP contribution in [0.3, 0.4) is 0 Å². The molecule has 0 aliphatic rings. The van der Waals surface area contributed by atoms with E-state index < -0.39 is 12.2 Å². The van der Waals surface area contributed by atoms with E-state index in [1.807, 2.05) is 0 Å². The van der Waals surface area contributed by atoms with Crippen LogP contribution in [0.2, 0.25) is 0 Å².